The molecule has 0 bridgehead atoms. The van der Waals surface area contributed by atoms with Crippen LogP contribution in [-0.2, 0) is 9.59 Å². The largest absolute Gasteiger partial charge is 0.325 e. The minimum absolute atomic E-state index is 0.0254. The van der Waals surface area contributed by atoms with Gasteiger partial charge in [0.25, 0.3) is 0 Å². The maximum atomic E-state index is 12.2. The van der Waals surface area contributed by atoms with Crippen molar-refractivity contribution in [1.29, 1.82) is 0 Å². The second-order valence-corrected chi connectivity index (χ2v) is 6.10. The predicted octanol–water partition coefficient (Wildman–Crippen LogP) is 1.79. The van der Waals surface area contributed by atoms with Gasteiger partial charge in [-0.1, -0.05) is 18.9 Å². The molecule has 1 aliphatic rings. The Labute approximate surface area is 137 Å². The number of hydrogen-bond acceptors (Lipinski definition) is 4. The molecule has 0 unspecified atom stereocenters. The summed E-state index contributed by atoms with van der Waals surface area (Å²) in [4.78, 5) is 26.0. The number of carbonyl (C=O) groups excluding carboxylic acids is 2. The van der Waals surface area contributed by atoms with Crippen LogP contribution in [0.15, 0.2) is 24.3 Å². The Morgan fingerprint density at radius 3 is 2.35 bits per heavy atom. The number of benzene rings is 1. The van der Waals surface area contributed by atoms with Crippen molar-refractivity contribution in [3.05, 3.63) is 24.3 Å². The van der Waals surface area contributed by atoms with E-state index in [1.807, 2.05) is 6.07 Å². The Morgan fingerprint density at radius 2 is 1.74 bits per heavy atom. The van der Waals surface area contributed by atoms with Gasteiger partial charge in [-0.05, 0) is 51.1 Å². The number of rotatable bonds is 5. The van der Waals surface area contributed by atoms with Gasteiger partial charge in [0, 0.05) is 11.4 Å². The van der Waals surface area contributed by atoms with Crippen LogP contribution in [0, 0.1) is 0 Å². The molecule has 2 amide bonds. The normalized spacial score (nSPS) is 17.1. The van der Waals surface area contributed by atoms with Crippen LogP contribution in [0.3, 0.4) is 0 Å². The Balaban J connectivity index is 1.88. The molecule has 1 heterocycles. The molecule has 0 radical (unpaired) electrons. The molecule has 6 nitrogen and oxygen atoms in total. The molecule has 0 saturated carbocycles. The third-order valence-electron chi connectivity index (χ3n) is 3.89. The van der Waals surface area contributed by atoms with Crippen LogP contribution in [0.4, 0.5) is 11.4 Å². The van der Waals surface area contributed by atoms with Crippen LogP contribution in [-0.4, -0.2) is 42.4 Å². The van der Waals surface area contributed by atoms with E-state index in [1.54, 1.807) is 25.1 Å². The average molecular weight is 318 g/mol. The van der Waals surface area contributed by atoms with Gasteiger partial charge in [-0.2, -0.15) is 0 Å². The van der Waals surface area contributed by atoms with Crippen molar-refractivity contribution in [2.75, 3.05) is 30.3 Å². The van der Waals surface area contributed by atoms with Crippen molar-refractivity contribution in [2.24, 2.45) is 5.73 Å². The predicted molar refractivity (Wildman–Crippen MR) is 92.3 cm³/mol. The SMILES string of the molecule is C[C@@H](N)C(=O)Nc1cccc(NC(=O)CN2CCCCCC2)c1. The molecule has 1 aromatic rings. The topological polar surface area (TPSA) is 87.5 Å². The zero-order valence-corrected chi connectivity index (χ0v) is 13.7. The third-order valence-corrected chi connectivity index (χ3v) is 3.89. The van der Waals surface area contributed by atoms with Gasteiger partial charge in [-0.3, -0.25) is 14.5 Å². The molecule has 1 fully saturated rings. The van der Waals surface area contributed by atoms with Gasteiger partial charge >= 0.3 is 0 Å². The lowest BCUT2D eigenvalue weighted by atomic mass is 10.2. The first-order chi connectivity index (χ1) is 11.0. The van der Waals surface area contributed by atoms with Gasteiger partial charge in [0.15, 0.2) is 0 Å². The summed E-state index contributed by atoms with van der Waals surface area (Å²) in [5.74, 6) is -0.277. The molecule has 126 valence electrons. The second kappa shape index (κ2) is 8.64. The number of nitrogens with two attached hydrogens (primary N) is 1. The van der Waals surface area contributed by atoms with Crippen LogP contribution < -0.4 is 16.4 Å². The Hall–Kier alpha value is -1.92. The van der Waals surface area contributed by atoms with Gasteiger partial charge in [-0.15, -0.1) is 0 Å². The second-order valence-electron chi connectivity index (χ2n) is 6.10. The maximum absolute atomic E-state index is 12.2. The lowest BCUT2D eigenvalue weighted by molar-refractivity contribution is -0.117. The minimum Gasteiger partial charge on any atom is -0.325 e. The molecule has 2 rings (SSSR count). The van der Waals surface area contributed by atoms with E-state index in [4.69, 9.17) is 5.73 Å². The minimum atomic E-state index is -0.573. The monoisotopic (exact) mass is 318 g/mol. The fraction of sp³-hybridized carbons (Fsp3) is 0.529. The van der Waals surface area contributed by atoms with E-state index in [9.17, 15) is 9.59 Å². The number of nitrogens with one attached hydrogen (secondary N) is 2. The number of hydrogen-bond donors (Lipinski definition) is 3. The van der Waals surface area contributed by atoms with Crippen LogP contribution in [0.5, 0.6) is 0 Å². The molecule has 0 aromatic heterocycles. The molecular weight excluding hydrogens is 292 g/mol. The fourth-order valence-electron chi connectivity index (χ4n) is 2.63. The third kappa shape index (κ3) is 6.00. The van der Waals surface area contributed by atoms with Gasteiger partial charge in [0.2, 0.25) is 11.8 Å². The number of anilines is 2. The van der Waals surface area contributed by atoms with Crippen molar-refractivity contribution < 1.29 is 9.59 Å². The highest BCUT2D eigenvalue weighted by Gasteiger charge is 2.13. The van der Waals surface area contributed by atoms with Gasteiger partial charge in [0.05, 0.1) is 12.6 Å². The highest BCUT2D eigenvalue weighted by Crippen LogP contribution is 2.16. The summed E-state index contributed by atoms with van der Waals surface area (Å²) in [5, 5.41) is 5.61. The van der Waals surface area contributed by atoms with Crippen LogP contribution >= 0.6 is 0 Å². The van der Waals surface area contributed by atoms with Crippen LogP contribution in [0.2, 0.25) is 0 Å². The molecule has 1 aromatic carbocycles. The molecule has 23 heavy (non-hydrogen) atoms. The summed E-state index contributed by atoms with van der Waals surface area (Å²) in [6.07, 6.45) is 4.82. The molecular formula is C17H26N4O2. The van der Waals surface area contributed by atoms with E-state index in [0.717, 1.165) is 25.9 Å². The van der Waals surface area contributed by atoms with Gasteiger partial charge in [-0.25, -0.2) is 0 Å². The number of amides is 2. The Morgan fingerprint density at radius 1 is 1.13 bits per heavy atom. The summed E-state index contributed by atoms with van der Waals surface area (Å²) in [7, 11) is 0. The van der Waals surface area contributed by atoms with E-state index in [1.165, 1.54) is 12.8 Å². The molecule has 1 aliphatic heterocycles. The number of nitrogens with zero attached hydrogens (tertiary/aromatic N) is 1. The Bertz CT molecular complexity index is 537. The molecule has 0 aliphatic carbocycles. The standard InChI is InChI=1S/C17H26N4O2/c1-13(18)17(23)20-15-8-6-7-14(11-15)19-16(22)12-21-9-4-2-3-5-10-21/h6-8,11,13H,2-5,9-10,12,18H2,1H3,(H,19,22)(H,20,23)/t13-/m1/s1. The summed E-state index contributed by atoms with van der Waals surface area (Å²) >= 11 is 0. The highest BCUT2D eigenvalue weighted by atomic mass is 16.2. The average Bonchev–Trinajstić information content (AvgIpc) is 2.76. The summed E-state index contributed by atoms with van der Waals surface area (Å²) in [5.41, 5.74) is 6.83. The fourth-order valence-corrected chi connectivity index (χ4v) is 2.63. The summed E-state index contributed by atoms with van der Waals surface area (Å²) in [6.45, 7) is 4.01. The zero-order valence-electron chi connectivity index (χ0n) is 13.7. The van der Waals surface area contributed by atoms with Gasteiger partial charge in [0.1, 0.15) is 0 Å². The van der Waals surface area contributed by atoms with Crippen LogP contribution in [0.1, 0.15) is 32.6 Å². The van der Waals surface area contributed by atoms with Gasteiger partial charge < -0.3 is 16.4 Å². The van der Waals surface area contributed by atoms with E-state index in [2.05, 4.69) is 15.5 Å². The summed E-state index contributed by atoms with van der Waals surface area (Å²) in [6, 6.07) is 6.53. The van der Waals surface area contributed by atoms with Crippen molar-refractivity contribution >= 4 is 23.2 Å². The van der Waals surface area contributed by atoms with E-state index in [-0.39, 0.29) is 11.8 Å². The maximum Gasteiger partial charge on any atom is 0.240 e. The molecule has 1 saturated heterocycles. The van der Waals surface area contributed by atoms with E-state index < -0.39 is 6.04 Å². The quantitative estimate of drug-likeness (QED) is 0.772. The zero-order chi connectivity index (χ0) is 16.7. The van der Waals surface area contributed by atoms with Crippen molar-refractivity contribution in [3.63, 3.8) is 0 Å². The highest BCUT2D eigenvalue weighted by molar-refractivity contribution is 5.96. The van der Waals surface area contributed by atoms with E-state index in [0.29, 0.717) is 17.9 Å². The number of carbonyl (C=O) groups is 2. The Kier molecular flexibility index (Phi) is 6.55. The van der Waals surface area contributed by atoms with Crippen LogP contribution in [0.25, 0.3) is 0 Å². The van der Waals surface area contributed by atoms with E-state index >= 15 is 0 Å². The lowest BCUT2D eigenvalue weighted by Crippen LogP contribution is -2.34. The molecule has 6 heteroatoms. The lowest BCUT2D eigenvalue weighted by Gasteiger charge is -2.19. The first kappa shape index (κ1) is 17.4. The first-order valence-corrected chi connectivity index (χ1v) is 8.23. The van der Waals surface area contributed by atoms with Crippen molar-refractivity contribution in [3.8, 4) is 0 Å². The summed E-state index contributed by atoms with van der Waals surface area (Å²) < 4.78 is 0. The smallest absolute Gasteiger partial charge is 0.240 e. The first-order valence-electron chi connectivity index (χ1n) is 8.23. The number of likely N-dealkylation sites (tertiary alicyclic amines) is 1. The molecule has 0 spiro atoms. The molecule has 4 N–H and O–H groups in total. The molecule has 1 atom stereocenters. The van der Waals surface area contributed by atoms with Crippen molar-refractivity contribution in [2.45, 2.75) is 38.6 Å². The van der Waals surface area contributed by atoms with Crippen molar-refractivity contribution in [1.82, 2.24) is 4.90 Å².